The second kappa shape index (κ2) is 4.78. The van der Waals surface area contributed by atoms with Gasteiger partial charge in [0.05, 0.1) is 12.1 Å². The van der Waals surface area contributed by atoms with Crippen LogP contribution in [0.15, 0.2) is 10.7 Å². The smallest absolute Gasteiger partial charge is 0.308 e. The third kappa shape index (κ3) is 2.59. The second-order valence-corrected chi connectivity index (χ2v) is 3.72. The number of carboxylic acids is 1. The predicted molar refractivity (Wildman–Crippen MR) is 55.0 cm³/mol. The van der Waals surface area contributed by atoms with E-state index in [9.17, 15) is 9.59 Å². The third-order valence-corrected chi connectivity index (χ3v) is 2.30. The van der Waals surface area contributed by atoms with Gasteiger partial charge in [-0.25, -0.2) is 0 Å². The highest BCUT2D eigenvalue weighted by atomic mass is 16.5. The predicted octanol–water partition coefficient (Wildman–Crippen LogP) is 0.776. The van der Waals surface area contributed by atoms with Gasteiger partial charge in [0.2, 0.25) is 0 Å². The number of aliphatic carboxylic acids is 1. The van der Waals surface area contributed by atoms with Crippen LogP contribution in [0.2, 0.25) is 0 Å². The number of hydrogen-bond donors (Lipinski definition) is 1. The Morgan fingerprint density at radius 1 is 1.62 bits per heavy atom. The van der Waals surface area contributed by atoms with Crippen LogP contribution in [-0.4, -0.2) is 40.6 Å². The van der Waals surface area contributed by atoms with E-state index in [0.29, 0.717) is 11.3 Å². The molecule has 6 heteroatoms. The lowest BCUT2D eigenvalue weighted by Gasteiger charge is -2.18. The van der Waals surface area contributed by atoms with E-state index in [1.807, 2.05) is 0 Å². The average molecular weight is 226 g/mol. The monoisotopic (exact) mass is 226 g/mol. The van der Waals surface area contributed by atoms with Crippen molar-refractivity contribution >= 4 is 11.9 Å². The Morgan fingerprint density at radius 2 is 2.25 bits per heavy atom. The average Bonchev–Trinajstić information content (AvgIpc) is 2.62. The Hall–Kier alpha value is -1.85. The Balaban J connectivity index is 2.69. The lowest BCUT2D eigenvalue weighted by Crippen LogP contribution is -2.33. The first-order chi connectivity index (χ1) is 7.43. The molecule has 1 unspecified atom stereocenters. The molecular formula is C10H14N2O4. The first-order valence-corrected chi connectivity index (χ1v) is 4.83. The van der Waals surface area contributed by atoms with Crippen LogP contribution in [0, 0.1) is 12.8 Å². The van der Waals surface area contributed by atoms with Crippen LogP contribution in [-0.2, 0) is 4.79 Å². The van der Waals surface area contributed by atoms with Crippen molar-refractivity contribution in [2.45, 2.75) is 13.8 Å². The van der Waals surface area contributed by atoms with Crippen LogP contribution in [0.3, 0.4) is 0 Å². The fourth-order valence-corrected chi connectivity index (χ4v) is 1.28. The molecule has 0 saturated heterocycles. The number of carbonyl (C=O) groups is 2. The van der Waals surface area contributed by atoms with Crippen molar-refractivity contribution in [1.82, 2.24) is 10.1 Å². The number of nitrogens with zero attached hydrogens (tertiary/aromatic N) is 2. The number of carbonyl (C=O) groups excluding carboxylic acids is 1. The van der Waals surface area contributed by atoms with Crippen LogP contribution in [0.4, 0.5) is 0 Å². The van der Waals surface area contributed by atoms with E-state index in [4.69, 9.17) is 9.63 Å². The zero-order valence-electron chi connectivity index (χ0n) is 9.43. The fraction of sp³-hybridized carbons (Fsp3) is 0.500. The molecule has 1 rings (SSSR count). The molecule has 0 aliphatic rings. The quantitative estimate of drug-likeness (QED) is 0.820. The Labute approximate surface area is 92.8 Å². The normalized spacial score (nSPS) is 12.2. The van der Waals surface area contributed by atoms with Crippen LogP contribution < -0.4 is 0 Å². The number of aromatic nitrogens is 1. The van der Waals surface area contributed by atoms with Gasteiger partial charge in [-0.15, -0.1) is 0 Å². The topological polar surface area (TPSA) is 83.6 Å². The first kappa shape index (κ1) is 12.2. The maximum atomic E-state index is 11.8. The van der Waals surface area contributed by atoms with Crippen molar-refractivity contribution < 1.29 is 19.2 Å². The molecule has 1 aromatic rings. The van der Waals surface area contributed by atoms with Gasteiger partial charge in [0.1, 0.15) is 11.3 Å². The molecule has 0 radical (unpaired) electrons. The Kier molecular flexibility index (Phi) is 3.65. The maximum Gasteiger partial charge on any atom is 0.308 e. The molecule has 0 spiro atoms. The molecule has 1 heterocycles. The summed E-state index contributed by atoms with van der Waals surface area (Å²) in [5, 5.41) is 12.2. The van der Waals surface area contributed by atoms with Gasteiger partial charge >= 0.3 is 5.97 Å². The minimum absolute atomic E-state index is 0.152. The molecule has 0 aliphatic carbocycles. The summed E-state index contributed by atoms with van der Waals surface area (Å²) in [5.41, 5.74) is 0.361. The molecular weight excluding hydrogens is 212 g/mol. The second-order valence-electron chi connectivity index (χ2n) is 3.72. The van der Waals surface area contributed by atoms with Crippen molar-refractivity contribution in [3.63, 3.8) is 0 Å². The highest BCUT2D eigenvalue weighted by Crippen LogP contribution is 2.10. The number of rotatable bonds is 4. The summed E-state index contributed by atoms with van der Waals surface area (Å²) in [6, 6.07) is 0. The van der Waals surface area contributed by atoms with Crippen LogP contribution in [0.1, 0.15) is 23.0 Å². The minimum atomic E-state index is -0.929. The van der Waals surface area contributed by atoms with Gasteiger partial charge in [-0.3, -0.25) is 9.59 Å². The lowest BCUT2D eigenvalue weighted by molar-refractivity contribution is -0.141. The zero-order valence-corrected chi connectivity index (χ0v) is 9.43. The lowest BCUT2D eigenvalue weighted by atomic mass is 10.1. The molecule has 0 aliphatic heterocycles. The van der Waals surface area contributed by atoms with E-state index in [1.165, 1.54) is 11.1 Å². The van der Waals surface area contributed by atoms with Gasteiger partial charge in [0, 0.05) is 13.6 Å². The van der Waals surface area contributed by atoms with E-state index in [1.54, 1.807) is 20.9 Å². The molecule has 1 amide bonds. The summed E-state index contributed by atoms with van der Waals surface area (Å²) in [7, 11) is 1.55. The van der Waals surface area contributed by atoms with E-state index in [-0.39, 0.29) is 12.5 Å². The van der Waals surface area contributed by atoms with Crippen LogP contribution in [0.5, 0.6) is 0 Å². The van der Waals surface area contributed by atoms with E-state index < -0.39 is 11.9 Å². The molecule has 0 bridgehead atoms. The molecule has 1 atom stereocenters. The van der Waals surface area contributed by atoms with Crippen molar-refractivity contribution in [3.05, 3.63) is 17.5 Å². The van der Waals surface area contributed by atoms with E-state index in [0.717, 1.165) is 0 Å². The van der Waals surface area contributed by atoms with Crippen LogP contribution >= 0.6 is 0 Å². The van der Waals surface area contributed by atoms with Crippen molar-refractivity contribution in [3.8, 4) is 0 Å². The van der Waals surface area contributed by atoms with Gasteiger partial charge in [-0.1, -0.05) is 12.1 Å². The highest BCUT2D eigenvalue weighted by molar-refractivity contribution is 5.94. The van der Waals surface area contributed by atoms with Gasteiger partial charge in [-0.05, 0) is 6.92 Å². The van der Waals surface area contributed by atoms with Crippen molar-refractivity contribution in [1.29, 1.82) is 0 Å². The van der Waals surface area contributed by atoms with Crippen molar-refractivity contribution in [2.75, 3.05) is 13.6 Å². The summed E-state index contributed by atoms with van der Waals surface area (Å²) in [6.45, 7) is 3.33. The molecule has 1 aromatic heterocycles. The standard InChI is InChI=1S/C10H14N2O4/c1-6(10(14)15)5-12(3)9(13)8-4-11-16-7(8)2/h4,6H,5H2,1-3H3,(H,14,15). The number of carboxylic acid groups (broad SMARTS) is 1. The first-order valence-electron chi connectivity index (χ1n) is 4.83. The summed E-state index contributed by atoms with van der Waals surface area (Å²) in [5.74, 6) is -1.39. The third-order valence-electron chi connectivity index (χ3n) is 2.30. The molecule has 0 fully saturated rings. The van der Waals surface area contributed by atoms with Gasteiger partial charge in [0.25, 0.3) is 5.91 Å². The highest BCUT2D eigenvalue weighted by Gasteiger charge is 2.21. The summed E-state index contributed by atoms with van der Waals surface area (Å²) in [6.07, 6.45) is 1.33. The van der Waals surface area contributed by atoms with Crippen LogP contribution in [0.25, 0.3) is 0 Å². The van der Waals surface area contributed by atoms with E-state index in [2.05, 4.69) is 5.16 Å². The Morgan fingerprint density at radius 3 is 2.69 bits per heavy atom. The molecule has 6 nitrogen and oxygen atoms in total. The minimum Gasteiger partial charge on any atom is -0.481 e. The molecule has 0 saturated carbocycles. The molecule has 1 N–H and O–H groups in total. The molecule has 0 aromatic carbocycles. The largest absolute Gasteiger partial charge is 0.481 e. The SMILES string of the molecule is Cc1oncc1C(=O)N(C)CC(C)C(=O)O. The summed E-state index contributed by atoms with van der Waals surface area (Å²) < 4.78 is 4.77. The summed E-state index contributed by atoms with van der Waals surface area (Å²) in [4.78, 5) is 23.8. The maximum absolute atomic E-state index is 11.8. The van der Waals surface area contributed by atoms with Crippen molar-refractivity contribution in [2.24, 2.45) is 5.92 Å². The molecule has 88 valence electrons. The summed E-state index contributed by atoms with van der Waals surface area (Å²) >= 11 is 0. The Bertz CT molecular complexity index is 399. The van der Waals surface area contributed by atoms with Gasteiger partial charge in [-0.2, -0.15) is 0 Å². The van der Waals surface area contributed by atoms with E-state index >= 15 is 0 Å². The number of aryl methyl sites for hydroxylation is 1. The fourth-order valence-electron chi connectivity index (χ4n) is 1.28. The molecule has 16 heavy (non-hydrogen) atoms. The number of hydrogen-bond acceptors (Lipinski definition) is 4. The number of amides is 1. The van der Waals surface area contributed by atoms with Gasteiger partial charge in [0.15, 0.2) is 0 Å². The zero-order chi connectivity index (χ0) is 12.3. The van der Waals surface area contributed by atoms with Gasteiger partial charge < -0.3 is 14.5 Å².